The lowest BCUT2D eigenvalue weighted by Gasteiger charge is -2.04. The van der Waals surface area contributed by atoms with Crippen molar-refractivity contribution in [2.24, 2.45) is 4.99 Å². The van der Waals surface area contributed by atoms with Gasteiger partial charge in [0, 0.05) is 24.4 Å². The first-order valence-electron chi connectivity index (χ1n) is 11.7. The average molecular weight is 422 g/mol. The van der Waals surface area contributed by atoms with Crippen molar-refractivity contribution in [3.63, 3.8) is 0 Å². The van der Waals surface area contributed by atoms with Gasteiger partial charge in [-0.25, -0.2) is 4.99 Å². The molecule has 0 spiro atoms. The van der Waals surface area contributed by atoms with Crippen LogP contribution in [0.5, 0.6) is 0 Å². The highest BCUT2D eigenvalue weighted by molar-refractivity contribution is 6.11. The highest BCUT2D eigenvalue weighted by Crippen LogP contribution is 2.25. The molecule has 166 valence electrons. The number of rotatable bonds is 14. The second-order valence-corrected chi connectivity index (χ2v) is 8.03. The van der Waals surface area contributed by atoms with Gasteiger partial charge in [0.25, 0.3) is 0 Å². The van der Waals surface area contributed by atoms with Gasteiger partial charge in [-0.1, -0.05) is 51.9 Å². The van der Waals surface area contributed by atoms with Crippen molar-refractivity contribution in [3.05, 3.63) is 65.1 Å². The van der Waals surface area contributed by atoms with Gasteiger partial charge in [-0.2, -0.15) is 0 Å². The molecule has 0 radical (unpaired) electrons. The van der Waals surface area contributed by atoms with Crippen LogP contribution in [-0.2, 0) is 4.74 Å². The quantitative estimate of drug-likeness (QED) is 0.259. The Balaban J connectivity index is 1.53. The lowest BCUT2D eigenvalue weighted by Crippen LogP contribution is -1.99. The number of aromatic amines is 2. The summed E-state index contributed by atoms with van der Waals surface area (Å²) in [6.07, 6.45) is 16.3. The Morgan fingerprint density at radius 2 is 1.81 bits per heavy atom. The maximum absolute atomic E-state index is 12.5. The Hall–Kier alpha value is -2.82. The summed E-state index contributed by atoms with van der Waals surface area (Å²) in [5, 5.41) is 0. The van der Waals surface area contributed by atoms with E-state index in [2.05, 4.69) is 16.9 Å². The van der Waals surface area contributed by atoms with Gasteiger partial charge >= 0.3 is 0 Å². The van der Waals surface area contributed by atoms with Crippen molar-refractivity contribution in [2.45, 2.75) is 71.6 Å². The second kappa shape index (κ2) is 12.1. The first-order valence-corrected chi connectivity index (χ1v) is 11.7. The lowest BCUT2D eigenvalue weighted by atomic mass is 10.1. The number of aliphatic imine (C=N–C) groups is 1. The van der Waals surface area contributed by atoms with Crippen molar-refractivity contribution in [1.29, 1.82) is 0 Å². The maximum Gasteiger partial charge on any atom is 0.179 e. The molecule has 3 heterocycles. The van der Waals surface area contributed by atoms with E-state index in [1.165, 1.54) is 38.5 Å². The van der Waals surface area contributed by atoms with Crippen LogP contribution in [0.2, 0.25) is 0 Å². The minimum Gasteiger partial charge on any atom is -0.492 e. The zero-order valence-electron chi connectivity index (χ0n) is 18.9. The van der Waals surface area contributed by atoms with Gasteiger partial charge in [0.2, 0.25) is 0 Å². The molecule has 0 fully saturated rings. The summed E-state index contributed by atoms with van der Waals surface area (Å²) < 4.78 is 5.76. The highest BCUT2D eigenvalue weighted by Gasteiger charge is 2.18. The zero-order chi connectivity index (χ0) is 21.9. The monoisotopic (exact) mass is 421 g/mol. The number of unbranched alkanes of at least 4 members (excludes halogenated alkanes) is 7. The molecule has 31 heavy (non-hydrogen) atoms. The van der Waals surface area contributed by atoms with Gasteiger partial charge in [-0.15, -0.1) is 0 Å². The highest BCUT2D eigenvalue weighted by atomic mass is 16.5. The molecule has 0 saturated carbocycles. The Morgan fingerprint density at radius 3 is 2.52 bits per heavy atom. The first-order chi connectivity index (χ1) is 15.2. The van der Waals surface area contributed by atoms with E-state index < -0.39 is 0 Å². The Bertz CT molecular complexity index is 916. The molecule has 5 heteroatoms. The van der Waals surface area contributed by atoms with E-state index in [0.29, 0.717) is 18.7 Å². The van der Waals surface area contributed by atoms with Crippen LogP contribution in [-0.4, -0.2) is 28.1 Å². The van der Waals surface area contributed by atoms with Crippen LogP contribution in [0.15, 0.2) is 53.0 Å². The van der Waals surface area contributed by atoms with Crippen molar-refractivity contribution in [3.8, 4) is 0 Å². The maximum atomic E-state index is 12.5. The number of allylic oxidation sites excluding steroid dienone is 1. The Kier molecular flexibility index (Phi) is 8.95. The Morgan fingerprint density at radius 1 is 1.03 bits per heavy atom. The molecule has 0 aliphatic carbocycles. The molecular weight excluding hydrogens is 386 g/mol. The molecule has 2 N–H and O–H groups in total. The summed E-state index contributed by atoms with van der Waals surface area (Å²) in [4.78, 5) is 23.6. The molecule has 5 nitrogen and oxygen atoms in total. The fraction of sp³-hybridized carbons (Fsp3) is 0.462. The molecule has 2 aromatic rings. The van der Waals surface area contributed by atoms with Crippen molar-refractivity contribution in [1.82, 2.24) is 9.97 Å². The molecule has 0 atom stereocenters. The summed E-state index contributed by atoms with van der Waals surface area (Å²) in [5.74, 6) is 0.923. The van der Waals surface area contributed by atoms with E-state index in [9.17, 15) is 4.79 Å². The van der Waals surface area contributed by atoms with Crippen LogP contribution in [0.1, 0.15) is 93.5 Å². The number of ether oxygens (including phenoxy) is 1. The van der Waals surface area contributed by atoms with E-state index in [1.54, 1.807) is 0 Å². The zero-order valence-corrected chi connectivity index (χ0v) is 18.9. The van der Waals surface area contributed by atoms with Gasteiger partial charge in [0.15, 0.2) is 5.78 Å². The predicted molar refractivity (Wildman–Crippen MR) is 127 cm³/mol. The number of hydrogen-bond donors (Lipinski definition) is 2. The molecular formula is C26H35N3O2. The van der Waals surface area contributed by atoms with Crippen LogP contribution in [0.3, 0.4) is 0 Å². The van der Waals surface area contributed by atoms with Crippen LogP contribution in [0.25, 0.3) is 6.08 Å². The predicted octanol–water partition coefficient (Wildman–Crippen LogP) is 6.82. The number of hydrogen-bond acceptors (Lipinski definition) is 3. The molecule has 2 aromatic heterocycles. The number of ketones is 1. The summed E-state index contributed by atoms with van der Waals surface area (Å²) >= 11 is 0. The molecule has 0 aromatic carbocycles. The number of carbonyl (C=O) groups is 1. The summed E-state index contributed by atoms with van der Waals surface area (Å²) in [5.41, 5.74) is 4.08. The van der Waals surface area contributed by atoms with E-state index in [4.69, 9.17) is 9.73 Å². The van der Waals surface area contributed by atoms with Crippen molar-refractivity contribution < 1.29 is 9.53 Å². The SMILES string of the molecule is CCCCCCCCCCC(=O)c1ccc(C=C2N=C(c3ccc[nH]3)C=C2OCC)[nH]1. The summed E-state index contributed by atoms with van der Waals surface area (Å²) in [6, 6.07) is 7.73. The minimum atomic E-state index is 0.179. The van der Waals surface area contributed by atoms with Gasteiger partial charge in [0.1, 0.15) is 11.5 Å². The number of carbonyl (C=O) groups excluding carboxylic acids is 1. The largest absolute Gasteiger partial charge is 0.492 e. The lowest BCUT2D eigenvalue weighted by molar-refractivity contribution is 0.0975. The molecule has 3 rings (SSSR count). The van der Waals surface area contributed by atoms with Crippen molar-refractivity contribution in [2.75, 3.05) is 6.61 Å². The van der Waals surface area contributed by atoms with Gasteiger partial charge in [-0.3, -0.25) is 4.79 Å². The third-order valence-electron chi connectivity index (χ3n) is 5.49. The smallest absolute Gasteiger partial charge is 0.179 e. The number of Topliss-reactive ketones (excluding diaryl/α,β-unsaturated/α-hetero) is 1. The number of nitrogens with one attached hydrogen (secondary N) is 2. The number of H-pyrrole nitrogens is 2. The van der Waals surface area contributed by atoms with E-state index in [0.717, 1.165) is 41.4 Å². The first kappa shape index (κ1) is 22.9. The van der Waals surface area contributed by atoms with Crippen LogP contribution in [0, 0.1) is 0 Å². The fourth-order valence-electron chi connectivity index (χ4n) is 3.78. The molecule has 0 unspecified atom stereocenters. The van der Waals surface area contributed by atoms with Crippen LogP contribution in [0.4, 0.5) is 0 Å². The standard InChI is InChI=1S/C26H35N3O2/c1-3-5-6-7-8-9-10-11-14-25(30)22-16-15-20(28-22)18-24-26(31-4-2)19-23(29-24)21-13-12-17-27-21/h12-13,15-19,27-28H,3-11,14H2,1-2H3. The van der Waals surface area contributed by atoms with Crippen molar-refractivity contribution >= 4 is 17.6 Å². The van der Waals surface area contributed by atoms with E-state index in [1.807, 2.05) is 49.5 Å². The normalized spacial score (nSPS) is 14.7. The minimum absolute atomic E-state index is 0.179. The third-order valence-corrected chi connectivity index (χ3v) is 5.49. The second-order valence-electron chi connectivity index (χ2n) is 8.03. The molecule has 0 bridgehead atoms. The van der Waals surface area contributed by atoms with E-state index in [-0.39, 0.29) is 5.78 Å². The fourth-order valence-corrected chi connectivity index (χ4v) is 3.78. The van der Waals surface area contributed by atoms with Gasteiger partial charge in [0.05, 0.1) is 23.7 Å². The number of aromatic nitrogens is 2. The summed E-state index contributed by atoms with van der Waals surface area (Å²) in [7, 11) is 0. The molecule has 0 saturated heterocycles. The van der Waals surface area contributed by atoms with E-state index >= 15 is 0 Å². The molecule has 1 aliphatic heterocycles. The third kappa shape index (κ3) is 6.84. The molecule has 1 aliphatic rings. The average Bonchev–Trinajstić information content (AvgIpc) is 3.52. The van der Waals surface area contributed by atoms with Gasteiger partial charge < -0.3 is 14.7 Å². The van der Waals surface area contributed by atoms with Crippen LogP contribution < -0.4 is 0 Å². The number of nitrogens with zero attached hydrogens (tertiary/aromatic N) is 1. The Labute approximate surface area is 185 Å². The van der Waals surface area contributed by atoms with Gasteiger partial charge in [-0.05, 0) is 43.7 Å². The molecule has 0 amide bonds. The summed E-state index contributed by atoms with van der Waals surface area (Å²) in [6.45, 7) is 4.77. The topological polar surface area (TPSA) is 70.2 Å². The van der Waals surface area contributed by atoms with Crippen LogP contribution >= 0.6 is 0 Å².